The minimum Gasteiger partial charge on any atom is -0.491 e. The average Bonchev–Trinajstić information content (AvgIpc) is 3.51. The number of nitriles is 1. The summed E-state index contributed by atoms with van der Waals surface area (Å²) in [5.74, 6) is -0.799. The van der Waals surface area contributed by atoms with E-state index in [2.05, 4.69) is 14.9 Å². The standard InChI is InChI=1S/C34H29ClF4N6O4S/c1-18-41-27-13-26(34(37,38)39)24(16-44-7-5-43(2)6-8-44)23(15-40)29(27)32(46)45(18)9-10-49-28-4-3-19(35)11-21(28)22-12-20(14-36)42-30-25(33(47)48)17-50-31(22)30/h3-4,11-13,17H,5-10,14,16H2,1-2H3,(H,47,48). The summed E-state index contributed by atoms with van der Waals surface area (Å²) in [6.45, 7) is 2.50. The Morgan fingerprint density at radius 1 is 1.14 bits per heavy atom. The molecular formula is C34H29ClF4N6O4S. The molecule has 2 aromatic carbocycles. The zero-order chi connectivity index (χ0) is 35.9. The smallest absolute Gasteiger partial charge is 0.416 e. The van der Waals surface area contributed by atoms with Gasteiger partial charge in [-0.1, -0.05) is 11.6 Å². The molecule has 1 aliphatic heterocycles. The van der Waals surface area contributed by atoms with Gasteiger partial charge in [0.25, 0.3) is 5.56 Å². The third-order valence-corrected chi connectivity index (χ3v) is 9.93. The van der Waals surface area contributed by atoms with Crippen molar-refractivity contribution >= 4 is 50.0 Å². The number of carbonyl (C=O) groups is 1. The monoisotopic (exact) mass is 728 g/mol. The Morgan fingerprint density at radius 3 is 2.54 bits per heavy atom. The van der Waals surface area contributed by atoms with Crippen molar-refractivity contribution in [3.05, 3.63) is 84.9 Å². The van der Waals surface area contributed by atoms with Gasteiger partial charge in [-0.05, 0) is 49.9 Å². The fourth-order valence-corrected chi connectivity index (χ4v) is 7.32. The molecular weight excluding hydrogens is 700 g/mol. The predicted octanol–water partition coefficient (Wildman–Crippen LogP) is 6.52. The Hall–Kier alpha value is -4.62. The third kappa shape index (κ3) is 6.76. The van der Waals surface area contributed by atoms with Crippen molar-refractivity contribution in [2.75, 3.05) is 39.8 Å². The van der Waals surface area contributed by atoms with Crippen LogP contribution in [0.25, 0.3) is 32.2 Å². The van der Waals surface area contributed by atoms with Crippen LogP contribution >= 0.6 is 22.9 Å². The number of alkyl halides is 4. The van der Waals surface area contributed by atoms with Gasteiger partial charge in [-0.25, -0.2) is 19.2 Å². The molecule has 5 aromatic rings. The van der Waals surface area contributed by atoms with Crippen molar-refractivity contribution < 1.29 is 32.2 Å². The third-order valence-electron chi connectivity index (χ3n) is 8.69. The number of hydrogen-bond acceptors (Lipinski definition) is 9. The molecule has 0 spiro atoms. The van der Waals surface area contributed by atoms with Crippen LogP contribution in [0.1, 0.15) is 38.6 Å². The Labute approximate surface area is 291 Å². The van der Waals surface area contributed by atoms with Crippen LogP contribution in [-0.2, 0) is 25.9 Å². The molecule has 0 unspecified atom stereocenters. The summed E-state index contributed by atoms with van der Waals surface area (Å²) in [6, 6.07) is 8.95. The maximum atomic E-state index is 14.3. The second kappa shape index (κ2) is 13.9. The van der Waals surface area contributed by atoms with Gasteiger partial charge in [0.1, 0.15) is 30.9 Å². The molecule has 50 heavy (non-hydrogen) atoms. The maximum Gasteiger partial charge on any atom is 0.416 e. The Balaban J connectivity index is 1.37. The number of fused-ring (bicyclic) bond motifs is 2. The van der Waals surface area contributed by atoms with Gasteiger partial charge in [-0.3, -0.25) is 14.3 Å². The van der Waals surface area contributed by atoms with Crippen LogP contribution in [0.2, 0.25) is 5.02 Å². The number of carboxylic acid groups (broad SMARTS) is 1. The van der Waals surface area contributed by atoms with Crippen molar-refractivity contribution in [1.29, 1.82) is 5.26 Å². The first-order valence-electron chi connectivity index (χ1n) is 15.4. The normalized spacial score (nSPS) is 14.4. The van der Waals surface area contributed by atoms with Gasteiger partial charge in [-0.15, -0.1) is 11.3 Å². The zero-order valence-electron chi connectivity index (χ0n) is 26.8. The van der Waals surface area contributed by atoms with E-state index in [4.69, 9.17) is 16.3 Å². The summed E-state index contributed by atoms with van der Waals surface area (Å²) in [4.78, 5) is 38.1. The number of aromatic carboxylic acids is 1. The molecule has 1 aliphatic rings. The molecule has 0 aliphatic carbocycles. The molecule has 4 heterocycles. The van der Waals surface area contributed by atoms with E-state index in [-0.39, 0.29) is 64.3 Å². The van der Waals surface area contributed by atoms with Gasteiger partial charge < -0.3 is 14.7 Å². The van der Waals surface area contributed by atoms with E-state index in [1.807, 2.05) is 18.0 Å². The molecule has 3 aromatic heterocycles. The summed E-state index contributed by atoms with van der Waals surface area (Å²) in [5.41, 5.74) is -1.58. The summed E-state index contributed by atoms with van der Waals surface area (Å²) in [6.07, 6.45) is -4.78. The highest BCUT2D eigenvalue weighted by atomic mass is 35.5. The highest BCUT2D eigenvalue weighted by Gasteiger charge is 2.37. The summed E-state index contributed by atoms with van der Waals surface area (Å²) >= 11 is 7.45. The van der Waals surface area contributed by atoms with Gasteiger partial charge in [-0.2, -0.15) is 18.4 Å². The second-order valence-electron chi connectivity index (χ2n) is 11.9. The number of ether oxygens (including phenoxy) is 1. The number of rotatable bonds is 9. The van der Waals surface area contributed by atoms with Gasteiger partial charge in [0, 0.05) is 54.3 Å². The number of pyridine rings is 1. The fraction of sp³-hybridized carbons (Fsp3) is 0.324. The molecule has 16 heteroatoms. The van der Waals surface area contributed by atoms with Crippen LogP contribution in [0.3, 0.4) is 0 Å². The number of nitrogens with zero attached hydrogens (tertiary/aromatic N) is 6. The topological polar surface area (TPSA) is 125 Å². The molecule has 0 bridgehead atoms. The van der Waals surface area contributed by atoms with E-state index in [1.165, 1.54) is 22.9 Å². The quantitative estimate of drug-likeness (QED) is 0.169. The highest BCUT2D eigenvalue weighted by Crippen LogP contribution is 2.41. The van der Waals surface area contributed by atoms with E-state index < -0.39 is 29.9 Å². The van der Waals surface area contributed by atoms with Crippen molar-refractivity contribution in [3.63, 3.8) is 0 Å². The lowest BCUT2D eigenvalue weighted by Crippen LogP contribution is -2.44. The molecule has 1 saturated heterocycles. The molecule has 0 amide bonds. The van der Waals surface area contributed by atoms with Crippen LogP contribution in [0.15, 0.2) is 40.5 Å². The van der Waals surface area contributed by atoms with Gasteiger partial charge in [0.15, 0.2) is 0 Å². The van der Waals surface area contributed by atoms with Crippen molar-refractivity contribution in [2.45, 2.75) is 32.9 Å². The second-order valence-corrected chi connectivity index (χ2v) is 13.2. The summed E-state index contributed by atoms with van der Waals surface area (Å²) < 4.78 is 64.7. The molecule has 1 fully saturated rings. The minimum atomic E-state index is -4.78. The number of hydrogen-bond donors (Lipinski definition) is 1. The lowest BCUT2D eigenvalue weighted by molar-refractivity contribution is -0.138. The molecule has 0 atom stereocenters. The molecule has 0 radical (unpaired) electrons. The molecule has 0 saturated carbocycles. The Morgan fingerprint density at radius 2 is 1.88 bits per heavy atom. The zero-order valence-corrected chi connectivity index (χ0v) is 28.3. The molecule has 6 rings (SSSR count). The minimum absolute atomic E-state index is 0.0118. The van der Waals surface area contributed by atoms with Gasteiger partial charge in [0.2, 0.25) is 0 Å². The Kier molecular flexibility index (Phi) is 9.82. The number of halogens is 5. The number of aryl methyl sites for hydroxylation is 1. The van der Waals surface area contributed by atoms with Crippen molar-refractivity contribution in [2.24, 2.45) is 0 Å². The first-order valence-corrected chi connectivity index (χ1v) is 16.6. The van der Waals surface area contributed by atoms with Crippen LogP contribution in [0, 0.1) is 18.3 Å². The van der Waals surface area contributed by atoms with Gasteiger partial charge >= 0.3 is 12.1 Å². The van der Waals surface area contributed by atoms with Crippen molar-refractivity contribution in [1.82, 2.24) is 24.3 Å². The molecule has 1 N–H and O–H groups in total. The lowest BCUT2D eigenvalue weighted by Gasteiger charge is -2.33. The fourth-order valence-electron chi connectivity index (χ4n) is 6.13. The SMILES string of the molecule is Cc1nc2cc(C(F)(F)F)c(CN3CCN(C)CC3)c(C#N)c2c(=O)n1CCOc1ccc(Cl)cc1-c1cc(CF)nc2c(C(=O)O)csc12. The first-order chi connectivity index (χ1) is 23.8. The Bertz CT molecular complexity index is 2240. The lowest BCUT2D eigenvalue weighted by atomic mass is 9.96. The number of likely N-dealkylation sites (N-methyl/N-ethyl adjacent to an activating group) is 1. The van der Waals surface area contributed by atoms with Crippen LogP contribution in [0.4, 0.5) is 17.6 Å². The number of piperazine rings is 1. The van der Waals surface area contributed by atoms with Crippen molar-refractivity contribution in [3.8, 4) is 22.9 Å². The van der Waals surface area contributed by atoms with Gasteiger partial charge in [0.05, 0.1) is 50.0 Å². The molecule has 260 valence electrons. The predicted molar refractivity (Wildman–Crippen MR) is 181 cm³/mol. The average molecular weight is 729 g/mol. The molecule has 10 nitrogen and oxygen atoms in total. The highest BCUT2D eigenvalue weighted by molar-refractivity contribution is 7.18. The van der Waals surface area contributed by atoms with Crippen LogP contribution in [0.5, 0.6) is 5.75 Å². The number of benzene rings is 2. The van der Waals surface area contributed by atoms with E-state index in [0.29, 0.717) is 52.8 Å². The van der Waals surface area contributed by atoms with E-state index in [0.717, 1.165) is 17.4 Å². The number of carboxylic acids is 1. The van der Waals surface area contributed by atoms with E-state index in [9.17, 15) is 37.5 Å². The van der Waals surface area contributed by atoms with Crippen LogP contribution in [-0.4, -0.2) is 75.2 Å². The largest absolute Gasteiger partial charge is 0.491 e. The summed E-state index contributed by atoms with van der Waals surface area (Å²) in [7, 11) is 1.92. The van der Waals surface area contributed by atoms with E-state index >= 15 is 0 Å². The van der Waals surface area contributed by atoms with E-state index in [1.54, 1.807) is 18.2 Å². The first kappa shape index (κ1) is 35.2. The number of aromatic nitrogens is 3. The summed E-state index contributed by atoms with van der Waals surface area (Å²) in [5, 5.41) is 21.4. The number of thiophene rings is 1. The van der Waals surface area contributed by atoms with Crippen LogP contribution < -0.4 is 10.3 Å². The maximum absolute atomic E-state index is 14.3.